The average molecular weight is 267 g/mol. The molecule has 2 rings (SSSR count). The Kier molecular flexibility index (Phi) is 5.92. The lowest BCUT2D eigenvalue weighted by molar-refractivity contribution is 0.252. The van der Waals surface area contributed by atoms with Crippen LogP contribution in [0.5, 0.6) is 0 Å². The van der Waals surface area contributed by atoms with E-state index >= 15 is 0 Å². The van der Waals surface area contributed by atoms with Crippen LogP contribution in [0.1, 0.15) is 51.4 Å². The van der Waals surface area contributed by atoms with Crippen molar-refractivity contribution in [3.05, 3.63) is 0 Å². The summed E-state index contributed by atoms with van der Waals surface area (Å²) in [4.78, 5) is 6.99. The Bertz CT molecular complexity index is 280. The highest BCUT2D eigenvalue weighted by Gasteiger charge is 2.19. The molecule has 0 aromatic rings. The molecule has 2 aliphatic rings. The van der Waals surface area contributed by atoms with Crippen molar-refractivity contribution in [2.75, 3.05) is 20.1 Å². The third-order valence-electron chi connectivity index (χ3n) is 4.50. The van der Waals surface area contributed by atoms with E-state index in [-0.39, 0.29) is 0 Å². The summed E-state index contributed by atoms with van der Waals surface area (Å²) in [5.74, 6) is 6.29. The molecule has 2 fully saturated rings. The van der Waals surface area contributed by atoms with Crippen molar-refractivity contribution in [3.8, 4) is 0 Å². The second-order valence-electron chi connectivity index (χ2n) is 5.92. The van der Waals surface area contributed by atoms with Crippen molar-refractivity contribution >= 4 is 5.96 Å². The molecule has 5 heteroatoms. The molecule has 2 aliphatic carbocycles. The van der Waals surface area contributed by atoms with Gasteiger partial charge in [-0.3, -0.25) is 10.4 Å². The molecule has 0 saturated heterocycles. The van der Waals surface area contributed by atoms with E-state index in [9.17, 15) is 0 Å². The Morgan fingerprint density at radius 2 is 1.79 bits per heavy atom. The van der Waals surface area contributed by atoms with E-state index in [1.165, 1.54) is 51.4 Å². The first-order valence-corrected chi connectivity index (χ1v) is 7.77. The van der Waals surface area contributed by atoms with Gasteiger partial charge in [-0.2, -0.15) is 0 Å². The number of aliphatic imine (C=N–C) groups is 1. The van der Waals surface area contributed by atoms with Crippen molar-refractivity contribution in [1.82, 2.24) is 15.6 Å². The number of hydrogen-bond acceptors (Lipinski definition) is 3. The molecule has 2 saturated carbocycles. The smallest absolute Gasteiger partial charge is 0.205 e. The van der Waals surface area contributed by atoms with Gasteiger partial charge in [-0.15, -0.1) is 0 Å². The minimum Gasteiger partial charge on any atom is -0.353 e. The molecule has 0 amide bonds. The van der Waals surface area contributed by atoms with Gasteiger partial charge in [-0.05, 0) is 32.7 Å². The van der Waals surface area contributed by atoms with Crippen LogP contribution in [0.4, 0.5) is 0 Å². The Balaban J connectivity index is 1.69. The van der Waals surface area contributed by atoms with Crippen LogP contribution < -0.4 is 16.6 Å². The van der Waals surface area contributed by atoms with Crippen LogP contribution in [-0.2, 0) is 0 Å². The van der Waals surface area contributed by atoms with Gasteiger partial charge in [-0.25, -0.2) is 5.84 Å². The number of nitrogens with one attached hydrogen (secondary N) is 2. The Labute approximate surface area is 117 Å². The van der Waals surface area contributed by atoms with E-state index in [1.807, 2.05) is 0 Å². The molecule has 0 aromatic heterocycles. The molecule has 4 N–H and O–H groups in total. The maximum absolute atomic E-state index is 5.53. The highest BCUT2D eigenvalue weighted by atomic mass is 15.3. The summed E-state index contributed by atoms with van der Waals surface area (Å²) in [6.45, 7) is 1.83. The zero-order valence-electron chi connectivity index (χ0n) is 12.2. The molecular weight excluding hydrogens is 238 g/mol. The molecule has 5 nitrogen and oxygen atoms in total. The number of rotatable bonds is 5. The normalized spacial score (nSPS) is 22.4. The van der Waals surface area contributed by atoms with Crippen molar-refractivity contribution in [1.29, 1.82) is 0 Å². The number of nitrogens with two attached hydrogens (primary N) is 1. The summed E-state index contributed by atoms with van der Waals surface area (Å²) in [6, 6.07) is 1.33. The molecule has 0 bridgehead atoms. The Morgan fingerprint density at radius 1 is 1.16 bits per heavy atom. The lowest BCUT2D eigenvalue weighted by atomic mass is 10.2. The van der Waals surface area contributed by atoms with Crippen molar-refractivity contribution < 1.29 is 0 Å². The molecular formula is C14H29N5. The summed E-state index contributed by atoms with van der Waals surface area (Å²) in [6.07, 6.45) is 10.6. The number of nitrogens with zero attached hydrogens (tertiary/aromatic N) is 2. The van der Waals surface area contributed by atoms with Crippen LogP contribution in [-0.4, -0.2) is 43.1 Å². The number of hydrazine groups is 1. The zero-order chi connectivity index (χ0) is 13.5. The van der Waals surface area contributed by atoms with Gasteiger partial charge in [0.25, 0.3) is 0 Å². The van der Waals surface area contributed by atoms with Crippen LogP contribution in [0, 0.1) is 0 Å². The lowest BCUT2D eigenvalue weighted by Gasteiger charge is -2.23. The van der Waals surface area contributed by atoms with Gasteiger partial charge in [0, 0.05) is 18.6 Å². The second kappa shape index (κ2) is 7.70. The summed E-state index contributed by atoms with van der Waals surface area (Å²) >= 11 is 0. The predicted octanol–water partition coefficient (Wildman–Crippen LogP) is 1.21. The minimum atomic E-state index is 0.558. The van der Waals surface area contributed by atoms with Crippen molar-refractivity contribution in [2.24, 2.45) is 10.8 Å². The second-order valence-corrected chi connectivity index (χ2v) is 5.92. The standard InChI is InChI=1S/C14H29N5/c1-19(13-8-4-5-9-13)11-10-16-14(18-15)17-12-6-2-3-7-12/h12-13H,2-11,15H2,1H3,(H2,16,17,18). The fraction of sp³-hybridized carbons (Fsp3) is 0.929. The Hall–Kier alpha value is -0.810. The first kappa shape index (κ1) is 14.6. The van der Waals surface area contributed by atoms with E-state index in [1.54, 1.807) is 0 Å². The highest BCUT2D eigenvalue weighted by molar-refractivity contribution is 5.79. The van der Waals surface area contributed by atoms with Crippen LogP contribution in [0.25, 0.3) is 0 Å². The van der Waals surface area contributed by atoms with E-state index in [0.29, 0.717) is 6.04 Å². The zero-order valence-corrected chi connectivity index (χ0v) is 12.2. The first-order valence-electron chi connectivity index (χ1n) is 7.77. The van der Waals surface area contributed by atoms with E-state index < -0.39 is 0 Å². The van der Waals surface area contributed by atoms with Crippen LogP contribution in [0.2, 0.25) is 0 Å². The third kappa shape index (κ3) is 4.66. The maximum atomic E-state index is 5.53. The first-order chi connectivity index (χ1) is 9.29. The number of likely N-dealkylation sites (N-methyl/N-ethyl adjacent to an activating group) is 1. The SMILES string of the molecule is CN(CCN=C(NN)NC1CCCC1)C1CCCC1. The highest BCUT2D eigenvalue weighted by Crippen LogP contribution is 2.22. The van der Waals surface area contributed by atoms with E-state index in [2.05, 4.69) is 27.7 Å². The third-order valence-corrected chi connectivity index (χ3v) is 4.50. The summed E-state index contributed by atoms with van der Waals surface area (Å²) in [7, 11) is 2.21. The Morgan fingerprint density at radius 3 is 2.42 bits per heavy atom. The van der Waals surface area contributed by atoms with Gasteiger partial charge < -0.3 is 10.2 Å². The van der Waals surface area contributed by atoms with Gasteiger partial charge in [0.05, 0.1) is 6.54 Å². The van der Waals surface area contributed by atoms with Crippen LogP contribution in [0.15, 0.2) is 4.99 Å². The largest absolute Gasteiger partial charge is 0.353 e. The quantitative estimate of drug-likeness (QED) is 0.303. The predicted molar refractivity (Wildman–Crippen MR) is 79.9 cm³/mol. The summed E-state index contributed by atoms with van der Waals surface area (Å²) in [5, 5.41) is 3.40. The van der Waals surface area contributed by atoms with Crippen LogP contribution in [0.3, 0.4) is 0 Å². The van der Waals surface area contributed by atoms with Crippen LogP contribution >= 0.6 is 0 Å². The van der Waals surface area contributed by atoms with Gasteiger partial charge in [0.1, 0.15) is 0 Å². The van der Waals surface area contributed by atoms with Crippen molar-refractivity contribution in [2.45, 2.75) is 63.5 Å². The van der Waals surface area contributed by atoms with E-state index in [0.717, 1.165) is 25.1 Å². The van der Waals surface area contributed by atoms with E-state index in [4.69, 9.17) is 5.84 Å². The number of hydrogen-bond donors (Lipinski definition) is 3. The molecule has 0 aliphatic heterocycles. The topological polar surface area (TPSA) is 65.7 Å². The maximum Gasteiger partial charge on any atom is 0.205 e. The monoisotopic (exact) mass is 267 g/mol. The van der Waals surface area contributed by atoms with Gasteiger partial charge in [0.2, 0.25) is 5.96 Å². The molecule has 0 radical (unpaired) electrons. The van der Waals surface area contributed by atoms with Gasteiger partial charge in [0.15, 0.2) is 0 Å². The molecule has 0 aromatic carbocycles. The molecule has 19 heavy (non-hydrogen) atoms. The molecule has 0 spiro atoms. The lowest BCUT2D eigenvalue weighted by Crippen LogP contribution is -2.46. The molecule has 0 heterocycles. The molecule has 110 valence electrons. The minimum absolute atomic E-state index is 0.558. The van der Waals surface area contributed by atoms with Gasteiger partial charge >= 0.3 is 0 Å². The van der Waals surface area contributed by atoms with Gasteiger partial charge in [-0.1, -0.05) is 25.7 Å². The molecule has 0 unspecified atom stereocenters. The fourth-order valence-corrected chi connectivity index (χ4v) is 3.24. The summed E-state index contributed by atoms with van der Waals surface area (Å²) < 4.78 is 0. The fourth-order valence-electron chi connectivity index (χ4n) is 3.24. The average Bonchev–Trinajstić information content (AvgIpc) is 3.10. The molecule has 0 atom stereocenters. The summed E-state index contributed by atoms with van der Waals surface area (Å²) in [5.41, 5.74) is 2.69. The number of guanidine groups is 1. The van der Waals surface area contributed by atoms with Crippen molar-refractivity contribution in [3.63, 3.8) is 0 Å².